The van der Waals surface area contributed by atoms with Crippen LogP contribution in [0.25, 0.3) is 0 Å². The summed E-state index contributed by atoms with van der Waals surface area (Å²) in [5.41, 5.74) is 0. The van der Waals surface area contributed by atoms with Gasteiger partial charge >= 0.3 is 17.9 Å². The van der Waals surface area contributed by atoms with Crippen LogP contribution in [0, 0.1) is 0 Å². The highest BCUT2D eigenvalue weighted by Gasteiger charge is 2.19. The number of rotatable bonds is 43. The van der Waals surface area contributed by atoms with Crippen LogP contribution in [0.2, 0.25) is 0 Å². The smallest absolute Gasteiger partial charge is 0.306 e. The van der Waals surface area contributed by atoms with Crippen LogP contribution >= 0.6 is 0 Å². The number of hydrogen-bond donors (Lipinski definition) is 0. The van der Waals surface area contributed by atoms with Crippen LogP contribution in [0.5, 0.6) is 0 Å². The SMILES string of the molecule is CC/C=C\C/C=C\C/C=C\C/C=C\C/C=C\C/C=C\CCC(=O)OCC(COC(=O)CCCC/C=C\C/C=C\C/C=C\CC)OC(=O)CCCCCCCC/C=C\C/C=C\C/C=C\CC. The third-order valence-corrected chi connectivity index (χ3v) is 9.83. The van der Waals surface area contributed by atoms with E-state index in [1.807, 2.05) is 12.2 Å². The molecule has 0 heterocycles. The van der Waals surface area contributed by atoms with E-state index >= 15 is 0 Å². The predicted molar refractivity (Wildman–Crippen MR) is 279 cm³/mol. The molecule has 0 aromatic heterocycles. The van der Waals surface area contributed by atoms with Crippen LogP contribution in [0.15, 0.2) is 146 Å². The number of esters is 3. The molecular weight excluding hydrogens is 805 g/mol. The van der Waals surface area contributed by atoms with Gasteiger partial charge in [0, 0.05) is 19.3 Å². The van der Waals surface area contributed by atoms with Gasteiger partial charge in [-0.15, -0.1) is 0 Å². The Balaban J connectivity index is 4.59. The standard InChI is InChI=1S/C59H90O6/c1-4-7-10-13-16-19-22-25-27-29-30-31-33-34-37-40-43-46-49-52-58(61)64-55-56(54-63-57(60)51-48-45-42-39-36-24-21-18-15-12-9-6-3)65-59(62)53-50-47-44-41-38-35-32-28-26-23-20-17-14-11-8-5-2/h7-12,16-21,25-28,30-31,34,36-37,39,43,46,56H,4-6,13-15,22-24,29,32-33,35,38,40-42,44-45,47-55H2,1-3H3/b10-7-,11-8-,12-9-,19-16-,20-17-,21-18-,27-25-,28-26-,31-30-,37-34-,39-36-,46-43-. The van der Waals surface area contributed by atoms with Crippen molar-refractivity contribution in [3.8, 4) is 0 Å². The summed E-state index contributed by atoms with van der Waals surface area (Å²) in [6.45, 7) is 6.15. The van der Waals surface area contributed by atoms with Crippen LogP contribution < -0.4 is 0 Å². The molecule has 6 nitrogen and oxygen atoms in total. The molecule has 6 heteroatoms. The Morgan fingerprint density at radius 1 is 0.308 bits per heavy atom. The topological polar surface area (TPSA) is 78.9 Å². The zero-order chi connectivity index (χ0) is 47.2. The van der Waals surface area contributed by atoms with E-state index in [1.54, 1.807) is 0 Å². The summed E-state index contributed by atoms with van der Waals surface area (Å²) < 4.78 is 16.7. The van der Waals surface area contributed by atoms with E-state index in [4.69, 9.17) is 14.2 Å². The van der Waals surface area contributed by atoms with E-state index in [1.165, 1.54) is 12.8 Å². The summed E-state index contributed by atoms with van der Waals surface area (Å²) in [4.78, 5) is 37.9. The fourth-order valence-corrected chi connectivity index (χ4v) is 6.14. The molecule has 0 aliphatic rings. The van der Waals surface area contributed by atoms with Gasteiger partial charge < -0.3 is 14.2 Å². The predicted octanol–water partition coefficient (Wildman–Crippen LogP) is 16.9. The number of carbonyl (C=O) groups excluding carboxylic acids is 3. The molecule has 0 N–H and O–H groups in total. The molecule has 0 fully saturated rings. The van der Waals surface area contributed by atoms with Crippen LogP contribution in [-0.2, 0) is 28.6 Å². The Morgan fingerprint density at radius 3 is 0.985 bits per heavy atom. The van der Waals surface area contributed by atoms with E-state index in [0.717, 1.165) is 122 Å². The average Bonchev–Trinajstić information content (AvgIpc) is 3.30. The van der Waals surface area contributed by atoms with E-state index in [0.29, 0.717) is 12.8 Å². The molecule has 0 aliphatic heterocycles. The molecule has 65 heavy (non-hydrogen) atoms. The first kappa shape index (κ1) is 60.3. The zero-order valence-corrected chi connectivity index (χ0v) is 41.2. The van der Waals surface area contributed by atoms with Gasteiger partial charge in [0.1, 0.15) is 13.2 Å². The van der Waals surface area contributed by atoms with Crippen LogP contribution in [0.3, 0.4) is 0 Å². The van der Waals surface area contributed by atoms with Crippen LogP contribution in [-0.4, -0.2) is 37.2 Å². The van der Waals surface area contributed by atoms with E-state index in [-0.39, 0.29) is 50.4 Å². The molecule has 0 saturated carbocycles. The molecule has 0 spiro atoms. The Kier molecular flexibility index (Phi) is 48.2. The minimum absolute atomic E-state index is 0.133. The van der Waals surface area contributed by atoms with Crippen molar-refractivity contribution in [2.45, 2.75) is 194 Å². The van der Waals surface area contributed by atoms with Crippen molar-refractivity contribution in [2.24, 2.45) is 0 Å². The highest BCUT2D eigenvalue weighted by molar-refractivity contribution is 5.71. The van der Waals surface area contributed by atoms with Crippen molar-refractivity contribution in [3.63, 3.8) is 0 Å². The number of allylic oxidation sites excluding steroid dienone is 24. The van der Waals surface area contributed by atoms with Gasteiger partial charge in [0.25, 0.3) is 0 Å². The second kappa shape index (κ2) is 51.9. The fourth-order valence-electron chi connectivity index (χ4n) is 6.14. The maximum absolute atomic E-state index is 12.8. The fraction of sp³-hybridized carbons (Fsp3) is 0.542. The summed E-state index contributed by atoms with van der Waals surface area (Å²) in [7, 11) is 0. The largest absolute Gasteiger partial charge is 0.462 e. The molecule has 362 valence electrons. The van der Waals surface area contributed by atoms with Gasteiger partial charge in [0.15, 0.2) is 6.10 Å². The monoisotopic (exact) mass is 895 g/mol. The summed E-state index contributed by atoms with van der Waals surface area (Å²) in [6.07, 6.45) is 74.2. The minimum Gasteiger partial charge on any atom is -0.462 e. The second-order valence-electron chi connectivity index (χ2n) is 15.9. The van der Waals surface area contributed by atoms with Crippen molar-refractivity contribution in [2.75, 3.05) is 13.2 Å². The van der Waals surface area contributed by atoms with E-state index < -0.39 is 6.10 Å². The maximum Gasteiger partial charge on any atom is 0.306 e. The Labute approximate surface area is 397 Å². The molecule has 0 saturated heterocycles. The quantitative estimate of drug-likeness (QED) is 0.0263. The number of unbranched alkanes of at least 4 members (excludes halogenated alkanes) is 8. The highest BCUT2D eigenvalue weighted by Crippen LogP contribution is 2.12. The Bertz CT molecular complexity index is 1490. The summed E-state index contributed by atoms with van der Waals surface area (Å²) in [6, 6.07) is 0. The van der Waals surface area contributed by atoms with Gasteiger partial charge in [-0.25, -0.2) is 0 Å². The third-order valence-electron chi connectivity index (χ3n) is 9.83. The van der Waals surface area contributed by atoms with Crippen molar-refractivity contribution in [3.05, 3.63) is 146 Å². The second-order valence-corrected chi connectivity index (χ2v) is 15.9. The first-order chi connectivity index (χ1) is 32.0. The molecule has 1 atom stereocenters. The molecule has 0 radical (unpaired) electrons. The van der Waals surface area contributed by atoms with Gasteiger partial charge in [0.2, 0.25) is 0 Å². The maximum atomic E-state index is 12.8. The van der Waals surface area contributed by atoms with Crippen molar-refractivity contribution >= 4 is 17.9 Å². The lowest BCUT2D eigenvalue weighted by atomic mass is 10.1. The number of hydrogen-bond acceptors (Lipinski definition) is 6. The zero-order valence-electron chi connectivity index (χ0n) is 41.2. The number of carbonyl (C=O) groups is 3. The molecule has 0 aromatic carbocycles. The summed E-state index contributed by atoms with van der Waals surface area (Å²) in [5, 5.41) is 0. The highest BCUT2D eigenvalue weighted by atomic mass is 16.6. The van der Waals surface area contributed by atoms with Crippen LogP contribution in [0.4, 0.5) is 0 Å². The summed E-state index contributed by atoms with van der Waals surface area (Å²) in [5.74, 6) is -1.08. The minimum atomic E-state index is -0.837. The summed E-state index contributed by atoms with van der Waals surface area (Å²) >= 11 is 0. The van der Waals surface area contributed by atoms with E-state index in [9.17, 15) is 14.4 Å². The van der Waals surface area contributed by atoms with E-state index in [2.05, 4.69) is 154 Å². The van der Waals surface area contributed by atoms with Gasteiger partial charge in [-0.1, -0.05) is 192 Å². The average molecular weight is 895 g/mol. The van der Waals surface area contributed by atoms with Crippen LogP contribution in [0.1, 0.15) is 188 Å². The third kappa shape index (κ3) is 50.2. The molecule has 0 rings (SSSR count). The molecule has 1 unspecified atom stereocenters. The lowest BCUT2D eigenvalue weighted by Crippen LogP contribution is -2.30. The Morgan fingerprint density at radius 2 is 0.585 bits per heavy atom. The van der Waals surface area contributed by atoms with Gasteiger partial charge in [-0.05, 0) is 122 Å². The van der Waals surface area contributed by atoms with Crippen molar-refractivity contribution in [1.82, 2.24) is 0 Å². The van der Waals surface area contributed by atoms with Gasteiger partial charge in [-0.3, -0.25) is 14.4 Å². The number of ether oxygens (including phenoxy) is 3. The molecular formula is C59H90O6. The molecule has 0 aromatic rings. The molecule has 0 bridgehead atoms. The molecule has 0 aliphatic carbocycles. The Hall–Kier alpha value is -4.71. The van der Waals surface area contributed by atoms with Crippen molar-refractivity contribution < 1.29 is 28.6 Å². The molecule has 0 amide bonds. The lowest BCUT2D eigenvalue weighted by Gasteiger charge is -2.18. The normalized spacial score (nSPS) is 13.3. The lowest BCUT2D eigenvalue weighted by molar-refractivity contribution is -0.166. The van der Waals surface area contributed by atoms with Crippen molar-refractivity contribution in [1.29, 1.82) is 0 Å². The first-order valence-corrected chi connectivity index (χ1v) is 25.3. The van der Waals surface area contributed by atoms with Gasteiger partial charge in [-0.2, -0.15) is 0 Å². The van der Waals surface area contributed by atoms with Gasteiger partial charge in [0.05, 0.1) is 0 Å². The first-order valence-electron chi connectivity index (χ1n) is 25.3.